The Morgan fingerprint density at radius 3 is 1.60 bits per heavy atom. The third-order valence-electron chi connectivity index (χ3n) is 5.49. The molecule has 0 bridgehead atoms. The van der Waals surface area contributed by atoms with E-state index >= 15 is 0 Å². The molecule has 0 fully saturated rings. The number of hydrogen-bond donors (Lipinski definition) is 0. The molecular weight excluding hydrogens is 481 g/mol. The van der Waals surface area contributed by atoms with Gasteiger partial charge in [-0.1, -0.05) is 97.0 Å². The predicted molar refractivity (Wildman–Crippen MR) is 130 cm³/mol. The summed E-state index contributed by atoms with van der Waals surface area (Å²) in [4.78, 5) is 23.8. The Kier molecular flexibility index (Phi) is 19.7. The molecule has 30 heavy (non-hydrogen) atoms. The Bertz CT molecular complexity index is 593. The number of hydrogen-bond acceptors (Lipinski definition) is 4. The Hall–Kier alpha value is 0.763. The van der Waals surface area contributed by atoms with E-state index < -0.39 is 5.69 Å². The molecule has 0 saturated carbocycles. The molecule has 0 aliphatic carbocycles. The van der Waals surface area contributed by atoms with Crippen molar-refractivity contribution in [3.63, 3.8) is 0 Å². The van der Waals surface area contributed by atoms with Crippen LogP contribution < -0.4 is 9.79 Å². The van der Waals surface area contributed by atoms with E-state index in [1.807, 2.05) is 6.07 Å². The minimum atomic E-state index is -3.76. The molecule has 0 atom stereocenters. The van der Waals surface area contributed by atoms with Crippen LogP contribution in [-0.4, -0.2) is 0 Å². The van der Waals surface area contributed by atoms with Crippen LogP contribution in [0.15, 0.2) is 23.1 Å². The standard InChI is InChI=1S/C24H43O2PS2.Zn/c1-3-5-7-9-11-13-15-17-22-19-20-24(29-27(25,26)28)21-23(22)18-16-14-12-10-8-6-4-2;/h19-21H,3-18H2,1-2H3,(H2,25,26,28);/q;+2/p-2. The van der Waals surface area contributed by atoms with E-state index in [1.165, 1.54) is 101 Å². The molecule has 0 unspecified atom stereocenters. The van der Waals surface area contributed by atoms with Crippen LogP contribution in [0.4, 0.5) is 0 Å². The van der Waals surface area contributed by atoms with Gasteiger partial charge in [0.2, 0.25) is 0 Å². The van der Waals surface area contributed by atoms with Crippen molar-refractivity contribution in [1.29, 1.82) is 0 Å². The number of rotatable bonds is 18. The van der Waals surface area contributed by atoms with E-state index in [0.29, 0.717) is 0 Å². The van der Waals surface area contributed by atoms with Gasteiger partial charge in [-0.15, -0.1) is 23.2 Å². The summed E-state index contributed by atoms with van der Waals surface area (Å²) >= 11 is 5.42. The van der Waals surface area contributed by atoms with Gasteiger partial charge in [-0.2, -0.15) is 5.69 Å². The van der Waals surface area contributed by atoms with E-state index in [4.69, 9.17) is 0 Å². The molecular formula is C24H41O2PS2Zn. The number of aryl methyl sites for hydroxylation is 2. The summed E-state index contributed by atoms with van der Waals surface area (Å²) in [6.07, 6.45) is 20.5. The molecule has 0 aliphatic heterocycles. The van der Waals surface area contributed by atoms with Crippen LogP contribution >= 0.6 is 17.1 Å². The van der Waals surface area contributed by atoms with Crippen molar-refractivity contribution in [2.75, 3.05) is 0 Å². The third kappa shape index (κ3) is 16.4. The van der Waals surface area contributed by atoms with Crippen LogP contribution in [0.1, 0.15) is 115 Å². The SMILES string of the molecule is CCCCCCCCCc1ccc(SP([O-])([O-])=S)cc1CCCCCCCCC.[Zn+2]. The molecule has 2 nitrogen and oxygen atoms in total. The molecule has 0 saturated heterocycles. The average Bonchev–Trinajstić information content (AvgIpc) is 2.66. The molecule has 1 aromatic carbocycles. The summed E-state index contributed by atoms with van der Waals surface area (Å²) in [5.74, 6) is 0. The Morgan fingerprint density at radius 1 is 0.700 bits per heavy atom. The minimum Gasteiger partial charge on any atom is -0.824 e. The number of benzene rings is 1. The summed E-state index contributed by atoms with van der Waals surface area (Å²) in [6.45, 7) is 4.51. The van der Waals surface area contributed by atoms with Crippen LogP contribution in [0.25, 0.3) is 0 Å². The molecule has 0 aromatic heterocycles. The van der Waals surface area contributed by atoms with Crippen molar-refractivity contribution in [2.24, 2.45) is 0 Å². The fourth-order valence-electron chi connectivity index (χ4n) is 3.81. The molecule has 6 heteroatoms. The fraction of sp³-hybridized carbons (Fsp3) is 0.750. The van der Waals surface area contributed by atoms with Gasteiger partial charge in [0.1, 0.15) is 0 Å². The first kappa shape index (κ1) is 30.8. The van der Waals surface area contributed by atoms with Gasteiger partial charge < -0.3 is 9.79 Å². The molecule has 0 heterocycles. The second-order valence-electron chi connectivity index (χ2n) is 8.21. The van der Waals surface area contributed by atoms with Gasteiger partial charge in [0.15, 0.2) is 0 Å². The van der Waals surface area contributed by atoms with E-state index in [-0.39, 0.29) is 19.5 Å². The van der Waals surface area contributed by atoms with Crippen LogP contribution in [0.2, 0.25) is 0 Å². The van der Waals surface area contributed by atoms with Crippen LogP contribution in [-0.2, 0) is 44.1 Å². The first-order valence-corrected chi connectivity index (χ1v) is 15.9. The zero-order chi connectivity index (χ0) is 21.4. The predicted octanol–water partition coefficient (Wildman–Crippen LogP) is 7.31. The second-order valence-corrected chi connectivity index (χ2v) is 13.9. The van der Waals surface area contributed by atoms with Crippen LogP contribution in [0.5, 0.6) is 0 Å². The molecule has 168 valence electrons. The maximum atomic E-state index is 11.5. The van der Waals surface area contributed by atoms with Gasteiger partial charge >= 0.3 is 19.5 Å². The second kappa shape index (κ2) is 19.3. The van der Waals surface area contributed by atoms with E-state index in [1.54, 1.807) is 0 Å². The van der Waals surface area contributed by atoms with Gasteiger partial charge in [-0.3, -0.25) is 0 Å². The molecule has 0 N–H and O–H groups in total. The van der Waals surface area contributed by atoms with Crippen molar-refractivity contribution < 1.29 is 29.3 Å². The van der Waals surface area contributed by atoms with Crippen molar-refractivity contribution >= 4 is 28.9 Å². The summed E-state index contributed by atoms with van der Waals surface area (Å²) in [6, 6.07) is 6.16. The largest absolute Gasteiger partial charge is 2.00 e. The average molecular weight is 522 g/mol. The number of unbranched alkanes of at least 4 members (excludes halogenated alkanes) is 12. The minimum absolute atomic E-state index is 0. The van der Waals surface area contributed by atoms with Gasteiger partial charge in [0, 0.05) is 4.90 Å². The third-order valence-corrected chi connectivity index (χ3v) is 8.16. The Balaban J connectivity index is 0.00000841. The van der Waals surface area contributed by atoms with Gasteiger partial charge in [0.25, 0.3) is 0 Å². The van der Waals surface area contributed by atoms with Gasteiger partial charge in [-0.05, 0) is 48.9 Å². The molecule has 1 rings (SSSR count). The summed E-state index contributed by atoms with van der Waals surface area (Å²) in [5, 5.41) is 0. The van der Waals surface area contributed by atoms with E-state index in [0.717, 1.165) is 29.1 Å². The van der Waals surface area contributed by atoms with Crippen LogP contribution in [0, 0.1) is 0 Å². The van der Waals surface area contributed by atoms with Gasteiger partial charge in [-0.25, -0.2) is 0 Å². The maximum Gasteiger partial charge on any atom is 2.00 e. The zero-order valence-corrected chi connectivity index (χ0v) is 24.8. The Morgan fingerprint density at radius 2 is 1.13 bits per heavy atom. The van der Waals surface area contributed by atoms with Crippen molar-refractivity contribution in [3.8, 4) is 0 Å². The fourth-order valence-corrected chi connectivity index (χ4v) is 6.28. The van der Waals surface area contributed by atoms with E-state index in [2.05, 4.69) is 37.8 Å². The Labute approximate surface area is 208 Å². The van der Waals surface area contributed by atoms with Crippen molar-refractivity contribution in [1.82, 2.24) is 0 Å². The van der Waals surface area contributed by atoms with Crippen molar-refractivity contribution in [3.05, 3.63) is 29.3 Å². The van der Waals surface area contributed by atoms with Crippen molar-refractivity contribution in [2.45, 2.75) is 121 Å². The molecule has 0 radical (unpaired) electrons. The molecule has 1 aromatic rings. The van der Waals surface area contributed by atoms with E-state index in [9.17, 15) is 9.79 Å². The molecule has 0 aliphatic rings. The zero-order valence-electron chi connectivity index (χ0n) is 19.3. The summed E-state index contributed by atoms with van der Waals surface area (Å²) in [7, 11) is 0. The first-order chi connectivity index (χ1) is 14.0. The molecule has 0 amide bonds. The quantitative estimate of drug-likeness (QED) is 0.115. The van der Waals surface area contributed by atoms with Gasteiger partial charge in [0.05, 0.1) is 0 Å². The topological polar surface area (TPSA) is 46.1 Å². The molecule has 0 spiro atoms. The smallest absolute Gasteiger partial charge is 0.824 e. The summed E-state index contributed by atoms with van der Waals surface area (Å²) < 4.78 is 0. The summed E-state index contributed by atoms with van der Waals surface area (Å²) in [5.41, 5.74) is -1.03. The monoisotopic (exact) mass is 520 g/mol. The first-order valence-electron chi connectivity index (χ1n) is 11.8. The maximum absolute atomic E-state index is 11.5. The normalized spacial score (nSPS) is 11.5. The van der Waals surface area contributed by atoms with Crippen LogP contribution in [0.3, 0.4) is 0 Å².